The summed E-state index contributed by atoms with van der Waals surface area (Å²) < 4.78 is 1.28. The first-order valence-electron chi connectivity index (χ1n) is 5.05. The molecule has 1 nitrogen and oxygen atoms in total. The molecule has 2 aliphatic carbocycles. The van der Waals surface area contributed by atoms with Crippen LogP contribution in [0.5, 0.6) is 0 Å². The van der Waals surface area contributed by atoms with Gasteiger partial charge >= 0.3 is 0 Å². The lowest BCUT2D eigenvalue weighted by atomic mass is 9.74. The van der Waals surface area contributed by atoms with Crippen molar-refractivity contribution in [3.05, 3.63) is 10.6 Å². The molecule has 0 heterocycles. The fourth-order valence-corrected chi connectivity index (χ4v) is 3.55. The maximum atomic E-state index is 9.91. The monoisotopic (exact) mass is 244 g/mol. The molecule has 2 rings (SSSR count). The zero-order chi connectivity index (χ0) is 9.64. The predicted octanol–water partition coefficient (Wildman–Crippen LogP) is 3.08. The van der Waals surface area contributed by atoms with E-state index in [1.54, 1.807) is 0 Å². The smallest absolute Gasteiger partial charge is 0.0611 e. The number of fused-ring (bicyclic) bond motifs is 1. The number of aliphatic hydroxyl groups excluding tert-OH is 1. The zero-order valence-corrected chi connectivity index (χ0v) is 9.84. The van der Waals surface area contributed by atoms with E-state index in [-0.39, 0.29) is 6.10 Å². The summed E-state index contributed by atoms with van der Waals surface area (Å²) >= 11 is 3.54. The van der Waals surface area contributed by atoms with E-state index in [2.05, 4.69) is 35.9 Å². The van der Waals surface area contributed by atoms with Gasteiger partial charge in [-0.15, -0.1) is 0 Å². The van der Waals surface area contributed by atoms with Gasteiger partial charge in [0.15, 0.2) is 0 Å². The highest BCUT2D eigenvalue weighted by Gasteiger charge is 2.47. The first-order valence-corrected chi connectivity index (χ1v) is 5.84. The van der Waals surface area contributed by atoms with E-state index in [1.165, 1.54) is 10.9 Å². The minimum atomic E-state index is -0.118. The Labute approximate surface area is 88.3 Å². The second kappa shape index (κ2) is 3.09. The summed E-state index contributed by atoms with van der Waals surface area (Å²) in [7, 11) is 0. The van der Waals surface area contributed by atoms with Crippen LogP contribution in [0.4, 0.5) is 0 Å². The quantitative estimate of drug-likeness (QED) is 0.695. The van der Waals surface area contributed by atoms with Gasteiger partial charge < -0.3 is 5.11 Å². The summed E-state index contributed by atoms with van der Waals surface area (Å²) in [5.41, 5.74) is 0.328. The predicted molar refractivity (Wildman–Crippen MR) is 57.6 cm³/mol. The Morgan fingerprint density at radius 3 is 2.92 bits per heavy atom. The van der Waals surface area contributed by atoms with Gasteiger partial charge in [-0.25, -0.2) is 0 Å². The van der Waals surface area contributed by atoms with Gasteiger partial charge in [-0.1, -0.05) is 35.9 Å². The minimum absolute atomic E-state index is 0.118. The summed E-state index contributed by atoms with van der Waals surface area (Å²) in [5.74, 6) is 1.09. The minimum Gasteiger partial charge on any atom is -0.392 e. The van der Waals surface area contributed by atoms with Crippen molar-refractivity contribution in [2.75, 3.05) is 0 Å². The van der Waals surface area contributed by atoms with Gasteiger partial charge in [-0.2, -0.15) is 0 Å². The molecule has 2 heteroatoms. The zero-order valence-electron chi connectivity index (χ0n) is 8.26. The van der Waals surface area contributed by atoms with Crippen molar-refractivity contribution in [3.8, 4) is 0 Å². The van der Waals surface area contributed by atoms with E-state index in [1.807, 2.05) is 0 Å². The normalized spacial score (nSPS) is 42.8. The Kier molecular flexibility index (Phi) is 2.31. The van der Waals surface area contributed by atoms with Crippen LogP contribution in [0.2, 0.25) is 0 Å². The van der Waals surface area contributed by atoms with Crippen LogP contribution in [-0.2, 0) is 0 Å². The fourth-order valence-electron chi connectivity index (χ4n) is 3.01. The molecule has 0 aromatic carbocycles. The summed E-state index contributed by atoms with van der Waals surface area (Å²) in [6.45, 7) is 4.57. The van der Waals surface area contributed by atoms with Crippen molar-refractivity contribution in [3.63, 3.8) is 0 Å². The van der Waals surface area contributed by atoms with Crippen LogP contribution < -0.4 is 0 Å². The number of aliphatic hydroxyl groups is 1. The lowest BCUT2D eigenvalue weighted by Crippen LogP contribution is -2.25. The van der Waals surface area contributed by atoms with Gasteiger partial charge in [0.1, 0.15) is 0 Å². The number of hydrogen-bond acceptors (Lipinski definition) is 1. The number of halogens is 1. The molecule has 0 radical (unpaired) electrons. The molecule has 13 heavy (non-hydrogen) atoms. The third kappa shape index (κ3) is 1.59. The van der Waals surface area contributed by atoms with E-state index < -0.39 is 0 Å². The third-order valence-corrected chi connectivity index (χ3v) is 4.38. The molecular weight excluding hydrogens is 228 g/mol. The van der Waals surface area contributed by atoms with Crippen LogP contribution in [0.1, 0.15) is 33.1 Å². The van der Waals surface area contributed by atoms with E-state index in [0.717, 1.165) is 12.8 Å². The molecular formula is C11H17BrO. The first-order chi connectivity index (χ1) is 6.00. The average Bonchev–Trinajstić information content (AvgIpc) is 2.22. The average molecular weight is 245 g/mol. The highest BCUT2D eigenvalue weighted by Crippen LogP contribution is 2.52. The Morgan fingerprint density at radius 2 is 2.23 bits per heavy atom. The molecule has 1 fully saturated rings. The van der Waals surface area contributed by atoms with Crippen molar-refractivity contribution in [2.45, 2.75) is 39.2 Å². The van der Waals surface area contributed by atoms with Crippen molar-refractivity contribution in [1.29, 1.82) is 0 Å². The maximum absolute atomic E-state index is 9.91. The summed E-state index contributed by atoms with van der Waals surface area (Å²) in [6.07, 6.45) is 5.45. The van der Waals surface area contributed by atoms with E-state index >= 15 is 0 Å². The molecule has 2 aliphatic rings. The lowest BCUT2D eigenvalue weighted by molar-refractivity contribution is 0.137. The molecule has 74 valence electrons. The van der Waals surface area contributed by atoms with Crippen molar-refractivity contribution >= 4 is 15.9 Å². The maximum Gasteiger partial charge on any atom is 0.0611 e. The van der Waals surface area contributed by atoms with Gasteiger partial charge in [0, 0.05) is 5.92 Å². The van der Waals surface area contributed by atoms with Crippen LogP contribution in [-0.4, -0.2) is 11.2 Å². The lowest BCUT2D eigenvalue weighted by Gasteiger charge is -2.32. The molecule has 0 amide bonds. The molecule has 1 saturated carbocycles. The molecule has 0 aliphatic heterocycles. The van der Waals surface area contributed by atoms with Crippen molar-refractivity contribution in [2.24, 2.45) is 17.3 Å². The Hall–Kier alpha value is 0.180. The summed E-state index contributed by atoms with van der Waals surface area (Å²) in [5, 5.41) is 9.91. The molecule has 0 unspecified atom stereocenters. The largest absolute Gasteiger partial charge is 0.392 e. The molecule has 0 spiro atoms. The Bertz CT molecular complexity index is 244. The molecule has 1 N–H and O–H groups in total. The Morgan fingerprint density at radius 1 is 1.54 bits per heavy atom. The molecule has 0 bridgehead atoms. The molecule has 3 atom stereocenters. The van der Waals surface area contributed by atoms with Gasteiger partial charge in [0.25, 0.3) is 0 Å². The Balaban J connectivity index is 2.27. The summed E-state index contributed by atoms with van der Waals surface area (Å²) in [4.78, 5) is 0. The van der Waals surface area contributed by atoms with Gasteiger partial charge in [-0.05, 0) is 35.1 Å². The summed E-state index contributed by atoms with van der Waals surface area (Å²) in [6, 6.07) is 0. The van der Waals surface area contributed by atoms with Crippen molar-refractivity contribution < 1.29 is 5.11 Å². The van der Waals surface area contributed by atoms with Crippen LogP contribution in [0.15, 0.2) is 10.6 Å². The highest BCUT2D eigenvalue weighted by molar-refractivity contribution is 9.11. The van der Waals surface area contributed by atoms with Gasteiger partial charge in [-0.3, -0.25) is 0 Å². The second-order valence-electron chi connectivity index (χ2n) is 5.10. The van der Waals surface area contributed by atoms with Crippen LogP contribution >= 0.6 is 15.9 Å². The van der Waals surface area contributed by atoms with Crippen LogP contribution in [0.25, 0.3) is 0 Å². The topological polar surface area (TPSA) is 20.2 Å². The van der Waals surface area contributed by atoms with Gasteiger partial charge in [0.2, 0.25) is 0 Å². The van der Waals surface area contributed by atoms with Crippen LogP contribution in [0, 0.1) is 17.3 Å². The van der Waals surface area contributed by atoms with E-state index in [0.29, 0.717) is 17.3 Å². The first kappa shape index (κ1) is 9.72. The highest BCUT2D eigenvalue weighted by atomic mass is 79.9. The van der Waals surface area contributed by atoms with Crippen molar-refractivity contribution in [1.82, 2.24) is 0 Å². The van der Waals surface area contributed by atoms with Gasteiger partial charge in [0.05, 0.1) is 6.10 Å². The van der Waals surface area contributed by atoms with E-state index in [9.17, 15) is 5.11 Å². The standard InChI is InChI=1S/C11H17BrO/c1-11(2)6-10(13)8-5-7(12)3-4-9(8)11/h5,8-10,13H,3-4,6H2,1-2H3/t8-,9+,10+/m0/s1. The SMILES string of the molecule is CC1(C)C[C@@H](O)[C@H]2C=C(Br)CC[C@H]21. The van der Waals surface area contributed by atoms with Crippen LogP contribution in [0.3, 0.4) is 0 Å². The molecule has 0 aromatic rings. The van der Waals surface area contributed by atoms with E-state index in [4.69, 9.17) is 0 Å². The molecule has 0 aromatic heterocycles. The molecule has 0 saturated heterocycles. The number of rotatable bonds is 0. The third-order valence-electron chi connectivity index (χ3n) is 3.72. The number of hydrogen-bond donors (Lipinski definition) is 1. The number of allylic oxidation sites excluding steroid dienone is 1. The second-order valence-corrected chi connectivity index (χ2v) is 6.11. The fraction of sp³-hybridized carbons (Fsp3) is 0.818.